The number of anilines is 3. The molecule has 0 fully saturated rings. The summed E-state index contributed by atoms with van der Waals surface area (Å²) in [5.41, 5.74) is 1.29. The number of nitrogens with zero attached hydrogens (tertiary/aromatic N) is 4. The van der Waals surface area contributed by atoms with Crippen LogP contribution in [0.2, 0.25) is 0 Å². The highest BCUT2D eigenvalue weighted by Gasteiger charge is 2.40. The van der Waals surface area contributed by atoms with Crippen LogP contribution in [0.4, 0.5) is 17.2 Å². The molecule has 1 aromatic heterocycles. The molecule has 20 heavy (non-hydrogen) atoms. The molecule has 0 saturated carbocycles. The van der Waals surface area contributed by atoms with E-state index in [4.69, 9.17) is 0 Å². The lowest BCUT2D eigenvalue weighted by atomic mass is 10.2. The van der Waals surface area contributed by atoms with Gasteiger partial charge in [-0.05, 0) is 26.0 Å². The van der Waals surface area contributed by atoms with Crippen molar-refractivity contribution in [3.05, 3.63) is 42.4 Å². The molecule has 3 rings (SSSR count). The minimum absolute atomic E-state index is 0.362. The summed E-state index contributed by atoms with van der Waals surface area (Å²) in [7, 11) is -3.63. The third kappa shape index (κ3) is 1.74. The number of benzene rings is 1. The molecule has 1 aromatic carbocycles. The molecule has 0 unspecified atom stereocenters. The van der Waals surface area contributed by atoms with Crippen LogP contribution in [0.3, 0.4) is 0 Å². The Morgan fingerprint density at radius 1 is 1.15 bits per heavy atom. The zero-order valence-electron chi connectivity index (χ0n) is 11.2. The normalized spacial score (nSPS) is 16.3. The number of rotatable bonds is 2. The van der Waals surface area contributed by atoms with E-state index in [1.165, 1.54) is 8.61 Å². The lowest BCUT2D eigenvalue weighted by Gasteiger charge is -2.19. The molecule has 2 heterocycles. The molecule has 0 amide bonds. The Morgan fingerprint density at radius 3 is 2.50 bits per heavy atom. The highest BCUT2D eigenvalue weighted by Crippen LogP contribution is 2.44. The van der Waals surface area contributed by atoms with Crippen LogP contribution >= 0.6 is 0 Å². The molecule has 1 aliphatic rings. The Balaban J connectivity index is 2.25. The van der Waals surface area contributed by atoms with Crippen LogP contribution in [-0.2, 0) is 10.2 Å². The van der Waals surface area contributed by atoms with E-state index < -0.39 is 10.2 Å². The maximum Gasteiger partial charge on any atom is 0.332 e. The fourth-order valence-electron chi connectivity index (χ4n) is 2.33. The molecule has 2 aromatic rings. The average Bonchev–Trinajstić information content (AvgIpc) is 2.64. The van der Waals surface area contributed by atoms with E-state index in [-0.39, 0.29) is 0 Å². The van der Waals surface area contributed by atoms with Gasteiger partial charge in [0.15, 0.2) is 5.82 Å². The van der Waals surface area contributed by atoms with Gasteiger partial charge in [0.1, 0.15) is 5.82 Å². The van der Waals surface area contributed by atoms with Gasteiger partial charge in [0.05, 0.1) is 11.4 Å². The van der Waals surface area contributed by atoms with Crippen molar-refractivity contribution in [3.63, 3.8) is 0 Å². The maximum absolute atomic E-state index is 12.7. The Kier molecular flexibility index (Phi) is 2.86. The van der Waals surface area contributed by atoms with E-state index in [0.29, 0.717) is 29.6 Å². The van der Waals surface area contributed by atoms with Crippen molar-refractivity contribution in [2.75, 3.05) is 15.2 Å². The molecule has 7 heteroatoms. The Morgan fingerprint density at radius 2 is 1.85 bits per heavy atom. The minimum atomic E-state index is -3.63. The van der Waals surface area contributed by atoms with Crippen LogP contribution in [0.5, 0.6) is 0 Å². The first kappa shape index (κ1) is 12.9. The lowest BCUT2D eigenvalue weighted by molar-refractivity contribution is 0.594. The SMILES string of the molecule is CCN1c2ccccc2N(c2ccnc(C)n2)S1(=O)=O. The quantitative estimate of drug-likeness (QED) is 0.848. The third-order valence-electron chi connectivity index (χ3n) is 3.14. The maximum atomic E-state index is 12.7. The largest absolute Gasteiger partial charge is 0.332 e. The number of para-hydroxylation sites is 2. The molecule has 0 bridgehead atoms. The second-order valence-corrected chi connectivity index (χ2v) is 6.09. The zero-order chi connectivity index (χ0) is 14.3. The highest BCUT2D eigenvalue weighted by atomic mass is 32.2. The van der Waals surface area contributed by atoms with Crippen molar-refractivity contribution in [2.24, 2.45) is 0 Å². The van der Waals surface area contributed by atoms with Gasteiger partial charge in [-0.25, -0.2) is 14.3 Å². The zero-order valence-corrected chi connectivity index (χ0v) is 12.0. The van der Waals surface area contributed by atoms with Crippen LogP contribution in [0.25, 0.3) is 0 Å². The third-order valence-corrected chi connectivity index (χ3v) is 4.99. The van der Waals surface area contributed by atoms with Crippen LogP contribution < -0.4 is 8.61 Å². The van der Waals surface area contributed by atoms with Crippen LogP contribution in [0, 0.1) is 6.92 Å². The first-order chi connectivity index (χ1) is 9.55. The molecule has 0 N–H and O–H groups in total. The van der Waals surface area contributed by atoms with Crippen molar-refractivity contribution in [2.45, 2.75) is 13.8 Å². The summed E-state index contributed by atoms with van der Waals surface area (Å²) in [6, 6.07) is 8.81. The van der Waals surface area contributed by atoms with Gasteiger partial charge in [0.25, 0.3) is 0 Å². The fourth-order valence-corrected chi connectivity index (χ4v) is 3.99. The molecular formula is C13H14N4O2S. The summed E-state index contributed by atoms with van der Waals surface area (Å²) in [6.45, 7) is 3.92. The molecule has 6 nitrogen and oxygen atoms in total. The second kappa shape index (κ2) is 4.45. The van der Waals surface area contributed by atoms with Crippen LogP contribution in [-0.4, -0.2) is 24.9 Å². The molecule has 0 spiro atoms. The van der Waals surface area contributed by atoms with Crippen molar-refractivity contribution < 1.29 is 8.42 Å². The number of hydrogen-bond donors (Lipinski definition) is 0. The average molecular weight is 290 g/mol. The van der Waals surface area contributed by atoms with Gasteiger partial charge in [-0.2, -0.15) is 8.42 Å². The predicted octanol–water partition coefficient (Wildman–Crippen LogP) is 2.01. The van der Waals surface area contributed by atoms with Crippen LogP contribution in [0.15, 0.2) is 36.5 Å². The van der Waals surface area contributed by atoms with Gasteiger partial charge < -0.3 is 0 Å². The summed E-state index contributed by atoms with van der Waals surface area (Å²) in [4.78, 5) is 8.24. The first-order valence-corrected chi connectivity index (χ1v) is 7.67. The Hall–Kier alpha value is -2.15. The summed E-state index contributed by atoms with van der Waals surface area (Å²) < 4.78 is 28.0. The van der Waals surface area contributed by atoms with Gasteiger partial charge in [-0.1, -0.05) is 12.1 Å². The molecule has 0 radical (unpaired) electrons. The number of fused-ring (bicyclic) bond motifs is 1. The minimum Gasteiger partial charge on any atom is -0.251 e. The fraction of sp³-hybridized carbons (Fsp3) is 0.231. The predicted molar refractivity (Wildman–Crippen MR) is 77.3 cm³/mol. The molecule has 1 aliphatic heterocycles. The number of aryl methyl sites for hydroxylation is 1. The summed E-state index contributed by atoms with van der Waals surface area (Å²) in [6.07, 6.45) is 1.56. The van der Waals surface area contributed by atoms with Gasteiger partial charge >= 0.3 is 10.2 Å². The lowest BCUT2D eigenvalue weighted by Crippen LogP contribution is -2.35. The standard InChI is InChI=1S/C13H14N4O2S/c1-3-16-11-6-4-5-7-12(11)17(20(16,18)19)13-8-9-14-10(2)15-13/h4-9H,3H2,1-2H3. The van der Waals surface area contributed by atoms with E-state index in [1.807, 2.05) is 19.1 Å². The molecule has 0 atom stereocenters. The van der Waals surface area contributed by atoms with Gasteiger partial charge in [-0.15, -0.1) is 0 Å². The molecule has 0 saturated heterocycles. The highest BCUT2D eigenvalue weighted by molar-refractivity contribution is 7.95. The summed E-state index contributed by atoms with van der Waals surface area (Å²) in [5.74, 6) is 0.894. The monoisotopic (exact) mass is 290 g/mol. The summed E-state index contributed by atoms with van der Waals surface area (Å²) >= 11 is 0. The van der Waals surface area contributed by atoms with E-state index in [2.05, 4.69) is 9.97 Å². The smallest absolute Gasteiger partial charge is 0.251 e. The van der Waals surface area contributed by atoms with E-state index in [9.17, 15) is 8.42 Å². The van der Waals surface area contributed by atoms with E-state index in [1.54, 1.807) is 31.3 Å². The van der Waals surface area contributed by atoms with Crippen LogP contribution in [0.1, 0.15) is 12.7 Å². The van der Waals surface area contributed by atoms with Gasteiger partial charge in [0.2, 0.25) is 0 Å². The van der Waals surface area contributed by atoms with Crippen molar-refractivity contribution in [1.82, 2.24) is 9.97 Å². The topological polar surface area (TPSA) is 66.4 Å². The van der Waals surface area contributed by atoms with E-state index >= 15 is 0 Å². The van der Waals surface area contributed by atoms with Crippen molar-refractivity contribution in [1.29, 1.82) is 0 Å². The van der Waals surface area contributed by atoms with E-state index in [0.717, 1.165) is 0 Å². The number of hydrogen-bond acceptors (Lipinski definition) is 4. The van der Waals surface area contributed by atoms with Gasteiger partial charge in [0, 0.05) is 18.8 Å². The Bertz CT molecular complexity index is 760. The Labute approximate surface area is 117 Å². The molecule has 0 aliphatic carbocycles. The number of aromatic nitrogens is 2. The molecule has 104 valence electrons. The van der Waals surface area contributed by atoms with Crippen molar-refractivity contribution in [3.8, 4) is 0 Å². The first-order valence-electron chi connectivity index (χ1n) is 6.27. The second-order valence-electron chi connectivity index (χ2n) is 4.39. The van der Waals surface area contributed by atoms with Gasteiger partial charge in [-0.3, -0.25) is 4.31 Å². The van der Waals surface area contributed by atoms with Crippen molar-refractivity contribution >= 4 is 27.4 Å². The molecular weight excluding hydrogens is 276 g/mol. The summed E-state index contributed by atoms with van der Waals surface area (Å²) in [5, 5.41) is 0.